The van der Waals surface area contributed by atoms with Crippen molar-refractivity contribution in [2.45, 2.75) is 13.8 Å². The summed E-state index contributed by atoms with van der Waals surface area (Å²) >= 11 is 1.50. The van der Waals surface area contributed by atoms with Gasteiger partial charge in [-0.25, -0.2) is 4.98 Å². The number of carbonyl (C=O) groups is 1. The number of aryl methyl sites for hydroxylation is 2. The van der Waals surface area contributed by atoms with Crippen molar-refractivity contribution < 1.29 is 9.90 Å². The molecule has 5 heteroatoms. The largest absolute Gasteiger partial charge is 0.508 e. The van der Waals surface area contributed by atoms with Gasteiger partial charge in [0.25, 0.3) is 5.91 Å². The van der Waals surface area contributed by atoms with Gasteiger partial charge in [-0.2, -0.15) is 0 Å². The molecule has 2 rings (SSSR count). The Morgan fingerprint density at radius 2 is 1.94 bits per heavy atom. The summed E-state index contributed by atoms with van der Waals surface area (Å²) in [5, 5.41) is 12.7. The molecule has 0 fully saturated rings. The topological polar surface area (TPSA) is 62.2 Å². The smallest absolute Gasteiger partial charge is 0.275 e. The van der Waals surface area contributed by atoms with E-state index in [0.29, 0.717) is 11.4 Å². The van der Waals surface area contributed by atoms with Crippen LogP contribution in [0.2, 0.25) is 0 Å². The number of aromatic hydroxyl groups is 1. The number of anilines is 1. The highest BCUT2D eigenvalue weighted by Gasteiger charge is 2.13. The predicted molar refractivity (Wildman–Crippen MR) is 67.6 cm³/mol. The molecular formula is C12H12N2O2S. The number of phenolic OH excluding ortho intramolecular Hbond substituents is 1. The average molecular weight is 248 g/mol. The van der Waals surface area contributed by atoms with Crippen molar-refractivity contribution in [2.75, 3.05) is 5.32 Å². The summed E-state index contributed by atoms with van der Waals surface area (Å²) in [4.78, 5) is 17.0. The Kier molecular flexibility index (Phi) is 3.10. The summed E-state index contributed by atoms with van der Waals surface area (Å²) in [7, 11) is 0. The van der Waals surface area contributed by atoms with Crippen LogP contribution in [-0.4, -0.2) is 16.0 Å². The second-order valence-corrected chi connectivity index (χ2v) is 5.05. The lowest BCUT2D eigenvalue weighted by Gasteiger charge is -2.03. The summed E-state index contributed by atoms with van der Waals surface area (Å²) in [6.45, 7) is 3.74. The van der Waals surface area contributed by atoms with E-state index in [1.54, 1.807) is 12.1 Å². The van der Waals surface area contributed by atoms with Crippen LogP contribution < -0.4 is 5.32 Å². The molecular weight excluding hydrogens is 236 g/mol. The van der Waals surface area contributed by atoms with Crippen LogP contribution in [0.4, 0.5) is 5.69 Å². The second kappa shape index (κ2) is 4.55. The van der Waals surface area contributed by atoms with Gasteiger partial charge >= 0.3 is 0 Å². The molecule has 0 bridgehead atoms. The first kappa shape index (κ1) is 11.6. The molecule has 0 saturated carbocycles. The van der Waals surface area contributed by atoms with Crippen molar-refractivity contribution in [3.8, 4) is 5.75 Å². The first-order chi connectivity index (χ1) is 8.06. The summed E-state index contributed by atoms with van der Waals surface area (Å²) in [6, 6.07) is 6.33. The molecule has 0 aliphatic rings. The Morgan fingerprint density at radius 3 is 2.47 bits per heavy atom. The van der Waals surface area contributed by atoms with Crippen LogP contribution in [0.25, 0.3) is 0 Å². The van der Waals surface area contributed by atoms with Gasteiger partial charge in [0.15, 0.2) is 0 Å². The Bertz CT molecular complexity index is 546. The molecule has 0 unspecified atom stereocenters. The average Bonchev–Trinajstić information content (AvgIpc) is 2.61. The van der Waals surface area contributed by atoms with E-state index in [4.69, 9.17) is 5.11 Å². The molecule has 0 aliphatic carbocycles. The van der Waals surface area contributed by atoms with Gasteiger partial charge in [-0.05, 0) is 38.1 Å². The maximum Gasteiger partial charge on any atom is 0.275 e. The van der Waals surface area contributed by atoms with Crippen molar-refractivity contribution in [3.63, 3.8) is 0 Å². The summed E-state index contributed by atoms with van der Waals surface area (Å²) < 4.78 is 0. The van der Waals surface area contributed by atoms with E-state index in [1.165, 1.54) is 23.5 Å². The normalized spacial score (nSPS) is 10.2. The van der Waals surface area contributed by atoms with E-state index in [0.717, 1.165) is 9.88 Å². The van der Waals surface area contributed by atoms with E-state index < -0.39 is 0 Å². The molecule has 4 nitrogen and oxygen atoms in total. The fourth-order valence-corrected chi connectivity index (χ4v) is 2.29. The van der Waals surface area contributed by atoms with Gasteiger partial charge in [-0.1, -0.05) is 0 Å². The summed E-state index contributed by atoms with van der Waals surface area (Å²) in [5.74, 6) is -0.0544. The molecule has 17 heavy (non-hydrogen) atoms. The maximum absolute atomic E-state index is 11.9. The molecule has 1 amide bonds. The number of rotatable bonds is 2. The Labute approximate surface area is 103 Å². The summed E-state index contributed by atoms with van der Waals surface area (Å²) in [5.41, 5.74) is 1.10. The highest BCUT2D eigenvalue weighted by Crippen LogP contribution is 2.19. The minimum absolute atomic E-state index is 0.170. The number of carbonyl (C=O) groups excluding carboxylic acids is 1. The number of aromatic nitrogens is 1. The van der Waals surface area contributed by atoms with Gasteiger partial charge in [0.1, 0.15) is 11.4 Å². The number of thiazole rings is 1. The Balaban J connectivity index is 2.17. The number of hydrogen-bond donors (Lipinski definition) is 2. The van der Waals surface area contributed by atoms with E-state index in [2.05, 4.69) is 10.3 Å². The molecule has 88 valence electrons. The molecule has 0 atom stereocenters. The molecule has 2 N–H and O–H groups in total. The number of phenols is 1. The number of nitrogens with zero attached hydrogens (tertiary/aromatic N) is 1. The minimum Gasteiger partial charge on any atom is -0.508 e. The van der Waals surface area contributed by atoms with Crippen molar-refractivity contribution >= 4 is 22.9 Å². The summed E-state index contributed by atoms with van der Waals surface area (Å²) in [6.07, 6.45) is 0. The molecule has 1 heterocycles. The first-order valence-corrected chi connectivity index (χ1v) is 5.92. The third-order valence-electron chi connectivity index (χ3n) is 2.24. The van der Waals surface area contributed by atoms with Gasteiger partial charge in [0, 0.05) is 10.6 Å². The first-order valence-electron chi connectivity index (χ1n) is 5.10. The van der Waals surface area contributed by atoms with Gasteiger partial charge in [0.05, 0.1) is 5.01 Å². The molecule has 2 aromatic rings. The third kappa shape index (κ3) is 2.62. The fourth-order valence-electron chi connectivity index (χ4n) is 1.47. The van der Waals surface area contributed by atoms with Crippen LogP contribution in [0.3, 0.4) is 0 Å². The Hall–Kier alpha value is -1.88. The highest BCUT2D eigenvalue weighted by atomic mass is 32.1. The zero-order valence-electron chi connectivity index (χ0n) is 9.52. The zero-order valence-corrected chi connectivity index (χ0v) is 10.3. The van der Waals surface area contributed by atoms with E-state index in [9.17, 15) is 4.79 Å². The highest BCUT2D eigenvalue weighted by molar-refractivity contribution is 7.11. The third-order valence-corrected chi connectivity index (χ3v) is 3.13. The quantitative estimate of drug-likeness (QED) is 0.803. The molecule has 0 aliphatic heterocycles. The number of benzene rings is 1. The van der Waals surface area contributed by atoms with Crippen LogP contribution >= 0.6 is 11.3 Å². The molecule has 0 radical (unpaired) electrons. The SMILES string of the molecule is Cc1nc(C(=O)Nc2ccc(O)cc2)c(C)s1. The van der Waals surface area contributed by atoms with Crippen molar-refractivity contribution in [2.24, 2.45) is 0 Å². The number of hydrogen-bond acceptors (Lipinski definition) is 4. The van der Waals surface area contributed by atoms with Gasteiger partial charge in [-0.3, -0.25) is 4.79 Å². The number of nitrogens with one attached hydrogen (secondary N) is 1. The lowest BCUT2D eigenvalue weighted by Crippen LogP contribution is -2.13. The molecule has 1 aromatic heterocycles. The van der Waals surface area contributed by atoms with Crippen LogP contribution in [0, 0.1) is 13.8 Å². The number of amides is 1. The van der Waals surface area contributed by atoms with Crippen molar-refractivity contribution in [3.05, 3.63) is 39.8 Å². The fraction of sp³-hybridized carbons (Fsp3) is 0.167. The van der Waals surface area contributed by atoms with Crippen molar-refractivity contribution in [1.82, 2.24) is 4.98 Å². The lowest BCUT2D eigenvalue weighted by atomic mass is 10.3. The molecule has 0 spiro atoms. The monoisotopic (exact) mass is 248 g/mol. The lowest BCUT2D eigenvalue weighted by molar-refractivity contribution is 0.102. The van der Waals surface area contributed by atoms with Gasteiger partial charge < -0.3 is 10.4 Å². The van der Waals surface area contributed by atoms with E-state index in [1.807, 2.05) is 13.8 Å². The van der Waals surface area contributed by atoms with Crippen LogP contribution in [-0.2, 0) is 0 Å². The maximum atomic E-state index is 11.9. The molecule has 0 saturated heterocycles. The molecule has 1 aromatic carbocycles. The van der Waals surface area contributed by atoms with Crippen LogP contribution in [0.15, 0.2) is 24.3 Å². The zero-order chi connectivity index (χ0) is 12.4. The van der Waals surface area contributed by atoms with Gasteiger partial charge in [0.2, 0.25) is 0 Å². The Morgan fingerprint density at radius 1 is 1.29 bits per heavy atom. The van der Waals surface area contributed by atoms with Gasteiger partial charge in [-0.15, -0.1) is 11.3 Å². The van der Waals surface area contributed by atoms with Crippen molar-refractivity contribution in [1.29, 1.82) is 0 Å². The standard InChI is InChI=1S/C12H12N2O2S/c1-7-11(13-8(2)17-7)12(16)14-9-3-5-10(15)6-4-9/h3-6,15H,1-2H3,(H,14,16). The minimum atomic E-state index is -0.225. The van der Waals surface area contributed by atoms with E-state index >= 15 is 0 Å². The van der Waals surface area contributed by atoms with E-state index in [-0.39, 0.29) is 11.7 Å². The van der Waals surface area contributed by atoms with Crippen LogP contribution in [0.1, 0.15) is 20.4 Å². The van der Waals surface area contributed by atoms with Crippen LogP contribution in [0.5, 0.6) is 5.75 Å². The second-order valence-electron chi connectivity index (χ2n) is 3.64. The predicted octanol–water partition coefficient (Wildman–Crippen LogP) is 2.72.